The first-order valence-corrected chi connectivity index (χ1v) is 20.1. The first-order chi connectivity index (χ1) is 27.7. The molecule has 0 bridgehead atoms. The molecule has 2 aromatic heterocycles. The summed E-state index contributed by atoms with van der Waals surface area (Å²) in [6.45, 7) is 9.73. The van der Waals surface area contributed by atoms with Crippen molar-refractivity contribution in [2.45, 2.75) is 51.4 Å². The van der Waals surface area contributed by atoms with E-state index in [0.29, 0.717) is 17.5 Å². The molecule has 0 aliphatic heterocycles. The van der Waals surface area contributed by atoms with E-state index < -0.39 is 0 Å². The lowest BCUT2D eigenvalue weighted by atomic mass is 9.62. The fraction of sp³-hybridized carbons (Fsp3) is 0.151. The van der Waals surface area contributed by atoms with Crippen LogP contribution in [-0.4, -0.2) is 19.5 Å². The van der Waals surface area contributed by atoms with Crippen LogP contribution in [0.1, 0.15) is 51.7 Å². The number of fused-ring (bicyclic) bond motifs is 9. The van der Waals surface area contributed by atoms with E-state index in [1.54, 1.807) is 0 Å². The highest BCUT2D eigenvalue weighted by molar-refractivity contribution is 6.20. The topological polar surface area (TPSA) is 43.6 Å². The number of benzene rings is 8. The zero-order valence-electron chi connectivity index (χ0n) is 32.7. The van der Waals surface area contributed by atoms with Crippen LogP contribution in [0, 0.1) is 0 Å². The lowest BCUT2D eigenvalue weighted by molar-refractivity contribution is 0.334. The van der Waals surface area contributed by atoms with Crippen LogP contribution in [0.15, 0.2) is 158 Å². The first-order valence-electron chi connectivity index (χ1n) is 20.1. The molecule has 1 aliphatic carbocycles. The highest BCUT2D eigenvalue weighted by Crippen LogP contribution is 2.51. The Morgan fingerprint density at radius 2 is 1.09 bits per heavy atom. The first kappa shape index (κ1) is 33.7. The second-order valence-electron chi connectivity index (χ2n) is 17.1. The van der Waals surface area contributed by atoms with Crippen LogP contribution in [0.4, 0.5) is 0 Å². The maximum atomic E-state index is 5.18. The molecular formula is C53H42N4. The van der Waals surface area contributed by atoms with Gasteiger partial charge in [-0.15, -0.1) is 0 Å². The molecule has 8 aromatic carbocycles. The normalized spacial score (nSPS) is 14.8. The number of nitrogens with zero attached hydrogens (tertiary/aromatic N) is 4. The van der Waals surface area contributed by atoms with E-state index in [2.05, 4.69) is 172 Å². The predicted octanol–water partition coefficient (Wildman–Crippen LogP) is 13.8. The third kappa shape index (κ3) is 5.24. The summed E-state index contributed by atoms with van der Waals surface area (Å²) in [5.74, 6) is 1.97. The van der Waals surface area contributed by atoms with Crippen LogP contribution in [0.2, 0.25) is 0 Å². The van der Waals surface area contributed by atoms with Crippen molar-refractivity contribution in [2.75, 3.05) is 0 Å². The summed E-state index contributed by atoms with van der Waals surface area (Å²) in [4.78, 5) is 15.4. The van der Waals surface area contributed by atoms with Crippen molar-refractivity contribution in [3.8, 4) is 39.9 Å². The van der Waals surface area contributed by atoms with Crippen molar-refractivity contribution in [3.05, 3.63) is 169 Å². The SMILES string of the molecule is CC1(C)CCC(C)(C)c2c1ccc1c2c2ccc3ccccc3c2n1-c1cccc2cc(-c3nc(-c4ccccc4)nc(-c4cccc5ccccc45)n3)ccc12. The molecule has 274 valence electrons. The number of hydrogen-bond acceptors (Lipinski definition) is 3. The third-order valence-electron chi connectivity index (χ3n) is 12.7. The summed E-state index contributed by atoms with van der Waals surface area (Å²) in [6, 6.07) is 56.7. The van der Waals surface area contributed by atoms with E-state index in [4.69, 9.17) is 15.0 Å². The Hall–Kier alpha value is -6.65. The van der Waals surface area contributed by atoms with Gasteiger partial charge in [-0.1, -0.05) is 167 Å². The van der Waals surface area contributed by atoms with Crippen LogP contribution in [-0.2, 0) is 10.8 Å². The quantitative estimate of drug-likeness (QED) is 0.181. The van der Waals surface area contributed by atoms with Gasteiger partial charge in [0, 0.05) is 38.2 Å². The fourth-order valence-corrected chi connectivity index (χ4v) is 9.63. The monoisotopic (exact) mass is 734 g/mol. The summed E-state index contributed by atoms with van der Waals surface area (Å²) in [7, 11) is 0. The zero-order valence-corrected chi connectivity index (χ0v) is 32.7. The van der Waals surface area contributed by atoms with Crippen molar-refractivity contribution in [1.82, 2.24) is 19.5 Å². The van der Waals surface area contributed by atoms with Crippen molar-refractivity contribution in [1.29, 1.82) is 0 Å². The van der Waals surface area contributed by atoms with Crippen LogP contribution in [0.5, 0.6) is 0 Å². The average molecular weight is 735 g/mol. The fourth-order valence-electron chi connectivity index (χ4n) is 9.63. The second kappa shape index (κ2) is 12.4. The van der Waals surface area contributed by atoms with E-state index in [1.165, 1.54) is 61.2 Å². The minimum absolute atomic E-state index is 0.0524. The molecule has 0 amide bonds. The van der Waals surface area contributed by atoms with Gasteiger partial charge in [0.1, 0.15) is 0 Å². The Labute approximate surface area is 332 Å². The van der Waals surface area contributed by atoms with E-state index in [9.17, 15) is 0 Å². The molecule has 2 heterocycles. The van der Waals surface area contributed by atoms with Crippen molar-refractivity contribution < 1.29 is 0 Å². The van der Waals surface area contributed by atoms with Gasteiger partial charge in [0.2, 0.25) is 0 Å². The lowest BCUT2D eigenvalue weighted by Gasteiger charge is -2.42. The van der Waals surface area contributed by atoms with Crippen LogP contribution in [0.25, 0.3) is 94.0 Å². The maximum Gasteiger partial charge on any atom is 0.164 e. The highest BCUT2D eigenvalue weighted by Gasteiger charge is 2.39. The molecular weight excluding hydrogens is 693 g/mol. The molecule has 0 fully saturated rings. The van der Waals surface area contributed by atoms with E-state index >= 15 is 0 Å². The summed E-state index contributed by atoms with van der Waals surface area (Å²) < 4.78 is 2.54. The van der Waals surface area contributed by atoms with Crippen LogP contribution >= 0.6 is 0 Å². The minimum atomic E-state index is 0.0524. The standard InChI is InChI=1S/C53H42N4/c1-52(2)30-31-53(3,4)47-43(52)28-29-45-46(47)42-27-24-34-15-9-11-21-40(34)48(42)57(45)44-23-13-19-36-32-37(25-26-39(36)44)50-54-49(35-16-6-5-7-17-35)55-51(56-50)41-22-12-18-33-14-8-10-20-38(33)41/h5-29,32H,30-31H2,1-4H3. The molecule has 1 aliphatic rings. The molecule has 0 unspecified atom stereocenters. The summed E-state index contributed by atoms with van der Waals surface area (Å²) in [6.07, 6.45) is 2.35. The van der Waals surface area contributed by atoms with Crippen LogP contribution in [0.3, 0.4) is 0 Å². The Kier molecular flexibility index (Phi) is 7.34. The van der Waals surface area contributed by atoms with Crippen molar-refractivity contribution in [2.24, 2.45) is 0 Å². The molecule has 11 rings (SSSR count). The van der Waals surface area contributed by atoms with Crippen LogP contribution < -0.4 is 0 Å². The molecule has 4 heteroatoms. The van der Waals surface area contributed by atoms with E-state index in [1.807, 2.05) is 18.2 Å². The maximum absolute atomic E-state index is 5.18. The van der Waals surface area contributed by atoms with Gasteiger partial charge in [-0.3, -0.25) is 0 Å². The minimum Gasteiger partial charge on any atom is -0.308 e. The average Bonchev–Trinajstić information content (AvgIpc) is 3.59. The predicted molar refractivity (Wildman–Crippen MR) is 238 cm³/mol. The molecule has 0 saturated carbocycles. The van der Waals surface area contributed by atoms with Gasteiger partial charge in [0.05, 0.1) is 16.7 Å². The van der Waals surface area contributed by atoms with Gasteiger partial charge >= 0.3 is 0 Å². The zero-order chi connectivity index (χ0) is 38.5. The number of rotatable bonds is 4. The molecule has 0 atom stereocenters. The Balaban J connectivity index is 1.16. The lowest BCUT2D eigenvalue weighted by Crippen LogP contribution is -2.34. The van der Waals surface area contributed by atoms with Gasteiger partial charge in [0.15, 0.2) is 17.5 Å². The molecule has 57 heavy (non-hydrogen) atoms. The van der Waals surface area contributed by atoms with E-state index in [0.717, 1.165) is 39.3 Å². The molecule has 4 nitrogen and oxygen atoms in total. The number of aromatic nitrogens is 4. The van der Waals surface area contributed by atoms with Gasteiger partial charge in [0.25, 0.3) is 0 Å². The largest absolute Gasteiger partial charge is 0.308 e. The smallest absolute Gasteiger partial charge is 0.164 e. The van der Waals surface area contributed by atoms with Crippen molar-refractivity contribution in [3.63, 3.8) is 0 Å². The molecule has 0 radical (unpaired) electrons. The second-order valence-corrected chi connectivity index (χ2v) is 17.1. The molecule has 0 spiro atoms. The summed E-state index contributed by atoms with van der Waals surface area (Å²) in [5.41, 5.74) is 9.73. The van der Waals surface area contributed by atoms with Gasteiger partial charge in [-0.05, 0) is 74.5 Å². The molecule has 0 saturated heterocycles. The van der Waals surface area contributed by atoms with E-state index in [-0.39, 0.29) is 10.8 Å². The Morgan fingerprint density at radius 3 is 1.91 bits per heavy atom. The molecule has 0 N–H and O–H groups in total. The Bertz CT molecular complexity index is 3240. The van der Waals surface area contributed by atoms with Gasteiger partial charge in [-0.2, -0.15) is 0 Å². The Morgan fingerprint density at radius 1 is 0.456 bits per heavy atom. The molecule has 10 aromatic rings. The third-order valence-corrected chi connectivity index (χ3v) is 12.7. The highest BCUT2D eigenvalue weighted by atomic mass is 15.0. The summed E-state index contributed by atoms with van der Waals surface area (Å²) in [5, 5.41) is 9.80. The van der Waals surface area contributed by atoms with Crippen molar-refractivity contribution >= 4 is 54.1 Å². The summed E-state index contributed by atoms with van der Waals surface area (Å²) >= 11 is 0. The number of hydrogen-bond donors (Lipinski definition) is 0. The van der Waals surface area contributed by atoms with Gasteiger partial charge < -0.3 is 4.57 Å². The van der Waals surface area contributed by atoms with Gasteiger partial charge in [-0.25, -0.2) is 15.0 Å².